The van der Waals surface area contributed by atoms with Crippen LogP contribution >= 0.6 is 0 Å². The molecule has 0 aliphatic heterocycles. The lowest BCUT2D eigenvalue weighted by Gasteiger charge is -2.08. The van der Waals surface area contributed by atoms with E-state index in [2.05, 4.69) is 14.7 Å². The molecule has 0 fully saturated rings. The summed E-state index contributed by atoms with van der Waals surface area (Å²) in [5, 5.41) is 0. The van der Waals surface area contributed by atoms with E-state index in [1.54, 1.807) is 0 Å². The fourth-order valence-corrected chi connectivity index (χ4v) is 1.48. The fourth-order valence-electron chi connectivity index (χ4n) is 1.48. The van der Waals surface area contributed by atoms with Gasteiger partial charge in [-0.15, -0.1) is 0 Å². The zero-order chi connectivity index (χ0) is 14.8. The van der Waals surface area contributed by atoms with Crippen molar-refractivity contribution in [2.45, 2.75) is 12.8 Å². The number of aromatic nitrogens is 2. The van der Waals surface area contributed by atoms with Gasteiger partial charge in [-0.05, 0) is 17.7 Å². The van der Waals surface area contributed by atoms with E-state index in [1.807, 2.05) is 0 Å². The Kier molecular flexibility index (Phi) is 3.82. The van der Waals surface area contributed by atoms with Gasteiger partial charge >= 0.3 is 18.8 Å². The molecule has 1 aromatic carbocycles. The minimum Gasteiger partial charge on any atom is -0.401 e. The van der Waals surface area contributed by atoms with Gasteiger partial charge in [-0.1, -0.05) is 12.1 Å². The molecule has 0 unspecified atom stereocenters. The maximum Gasteiger partial charge on any atom is 0.416 e. The summed E-state index contributed by atoms with van der Waals surface area (Å²) in [6, 6.07) is 3.98. The van der Waals surface area contributed by atoms with E-state index in [-0.39, 0.29) is 11.1 Å². The first-order chi connectivity index (χ1) is 9.36. The lowest BCUT2D eigenvalue weighted by molar-refractivity contribution is -0.137. The van der Waals surface area contributed by atoms with Crippen molar-refractivity contribution in [3.05, 3.63) is 42.2 Å². The third-order valence-electron chi connectivity index (χ3n) is 2.35. The maximum absolute atomic E-state index is 12.6. The molecule has 20 heavy (non-hydrogen) atoms. The van der Waals surface area contributed by atoms with E-state index in [9.17, 15) is 22.0 Å². The summed E-state index contributed by atoms with van der Waals surface area (Å²) in [4.78, 5) is 6.98. The third kappa shape index (κ3) is 3.40. The highest BCUT2D eigenvalue weighted by molar-refractivity contribution is 5.62. The van der Waals surface area contributed by atoms with Gasteiger partial charge in [0.1, 0.15) is 0 Å². The van der Waals surface area contributed by atoms with Crippen molar-refractivity contribution in [1.29, 1.82) is 0 Å². The summed E-state index contributed by atoms with van der Waals surface area (Å²) < 4.78 is 65.4. The molecule has 0 saturated carbocycles. The van der Waals surface area contributed by atoms with Gasteiger partial charge < -0.3 is 4.74 Å². The van der Waals surface area contributed by atoms with Crippen LogP contribution in [0.4, 0.5) is 22.0 Å². The van der Waals surface area contributed by atoms with Crippen molar-refractivity contribution in [3.8, 4) is 17.1 Å². The molecule has 0 aliphatic rings. The first-order valence-electron chi connectivity index (χ1n) is 5.31. The quantitative estimate of drug-likeness (QED) is 0.807. The Morgan fingerprint density at radius 3 is 2.20 bits per heavy atom. The van der Waals surface area contributed by atoms with Crippen molar-refractivity contribution in [1.82, 2.24) is 9.97 Å². The molecule has 3 nitrogen and oxygen atoms in total. The highest BCUT2D eigenvalue weighted by atomic mass is 19.4. The Morgan fingerprint density at radius 1 is 1.00 bits per heavy atom. The average Bonchev–Trinajstić information content (AvgIpc) is 2.38. The van der Waals surface area contributed by atoms with Gasteiger partial charge in [0.05, 0.1) is 5.56 Å². The molecule has 0 atom stereocenters. The average molecular weight is 290 g/mol. The van der Waals surface area contributed by atoms with Crippen LogP contribution in [0.2, 0.25) is 0 Å². The molecule has 0 radical (unpaired) electrons. The van der Waals surface area contributed by atoms with Crippen LogP contribution in [0.5, 0.6) is 6.01 Å². The van der Waals surface area contributed by atoms with E-state index >= 15 is 0 Å². The van der Waals surface area contributed by atoms with E-state index in [0.29, 0.717) is 0 Å². The number of nitrogens with zero attached hydrogens (tertiary/aromatic N) is 2. The Balaban J connectivity index is 2.28. The summed E-state index contributed by atoms with van der Waals surface area (Å²) in [7, 11) is 0. The topological polar surface area (TPSA) is 35.0 Å². The molecule has 0 aliphatic carbocycles. The first-order valence-corrected chi connectivity index (χ1v) is 5.31. The number of halogens is 5. The largest absolute Gasteiger partial charge is 0.416 e. The first kappa shape index (κ1) is 14.2. The van der Waals surface area contributed by atoms with Gasteiger partial charge in [0.2, 0.25) is 0 Å². The van der Waals surface area contributed by atoms with E-state index in [0.717, 1.165) is 24.5 Å². The Labute approximate surface area is 110 Å². The molecule has 0 bridgehead atoms. The lowest BCUT2D eigenvalue weighted by Crippen LogP contribution is -2.05. The van der Waals surface area contributed by atoms with E-state index in [1.165, 1.54) is 12.1 Å². The molecule has 0 spiro atoms. The zero-order valence-corrected chi connectivity index (χ0v) is 9.73. The predicted molar refractivity (Wildman–Crippen MR) is 59.1 cm³/mol. The van der Waals surface area contributed by atoms with Crippen molar-refractivity contribution in [2.24, 2.45) is 0 Å². The molecule has 106 valence electrons. The van der Waals surface area contributed by atoms with E-state index < -0.39 is 24.4 Å². The number of rotatable bonds is 3. The number of alkyl halides is 5. The summed E-state index contributed by atoms with van der Waals surface area (Å²) >= 11 is 0. The molecule has 0 amide bonds. The SMILES string of the molecule is FC(F)Oc1ncc(-c2cccc(C(F)(F)F)c2)cn1. The zero-order valence-electron chi connectivity index (χ0n) is 9.73. The van der Waals surface area contributed by atoms with Crippen LogP contribution < -0.4 is 4.74 Å². The van der Waals surface area contributed by atoms with Gasteiger partial charge in [-0.25, -0.2) is 9.97 Å². The van der Waals surface area contributed by atoms with Crippen molar-refractivity contribution < 1.29 is 26.7 Å². The summed E-state index contributed by atoms with van der Waals surface area (Å²) in [5.41, 5.74) is -0.330. The standard InChI is InChI=1S/C12H7F5N2O/c13-10(14)20-11-18-5-8(6-19-11)7-2-1-3-9(4-7)12(15,16)17/h1-6,10H. The maximum atomic E-state index is 12.6. The van der Waals surface area contributed by atoms with Crippen LogP contribution in [-0.4, -0.2) is 16.6 Å². The van der Waals surface area contributed by atoms with Crippen LogP contribution in [0.3, 0.4) is 0 Å². The molecule has 8 heteroatoms. The van der Waals surface area contributed by atoms with Crippen LogP contribution in [0.15, 0.2) is 36.7 Å². The van der Waals surface area contributed by atoms with Crippen LogP contribution in [-0.2, 0) is 6.18 Å². The predicted octanol–water partition coefficient (Wildman–Crippen LogP) is 3.76. The summed E-state index contributed by atoms with van der Waals surface area (Å²) in [6.45, 7) is -3.06. The smallest absolute Gasteiger partial charge is 0.401 e. The second kappa shape index (κ2) is 5.40. The lowest BCUT2D eigenvalue weighted by atomic mass is 10.1. The van der Waals surface area contributed by atoms with Crippen LogP contribution in [0, 0.1) is 0 Å². The Morgan fingerprint density at radius 2 is 1.65 bits per heavy atom. The molecule has 2 rings (SSSR count). The minimum atomic E-state index is -4.46. The number of hydrogen-bond donors (Lipinski definition) is 0. The molecule has 1 heterocycles. The molecule has 0 saturated heterocycles. The van der Waals surface area contributed by atoms with Crippen molar-refractivity contribution in [2.75, 3.05) is 0 Å². The highest BCUT2D eigenvalue weighted by Gasteiger charge is 2.30. The molecule has 2 aromatic rings. The van der Waals surface area contributed by atoms with Gasteiger partial charge in [0.15, 0.2) is 0 Å². The van der Waals surface area contributed by atoms with Gasteiger partial charge in [-0.2, -0.15) is 22.0 Å². The van der Waals surface area contributed by atoms with Crippen LogP contribution in [0.25, 0.3) is 11.1 Å². The summed E-state index contributed by atoms with van der Waals surface area (Å²) in [5.74, 6) is 0. The molecule has 0 N–H and O–H groups in total. The Bertz CT molecular complexity index is 583. The third-order valence-corrected chi connectivity index (χ3v) is 2.35. The van der Waals surface area contributed by atoms with E-state index in [4.69, 9.17) is 0 Å². The second-order valence-corrected chi connectivity index (χ2v) is 3.71. The number of ether oxygens (including phenoxy) is 1. The number of benzene rings is 1. The molecular weight excluding hydrogens is 283 g/mol. The molecular formula is C12H7F5N2O. The summed E-state index contributed by atoms with van der Waals surface area (Å²) in [6.07, 6.45) is -2.24. The van der Waals surface area contributed by atoms with Crippen molar-refractivity contribution in [3.63, 3.8) is 0 Å². The van der Waals surface area contributed by atoms with Gasteiger partial charge in [0.25, 0.3) is 0 Å². The normalized spacial score (nSPS) is 11.7. The van der Waals surface area contributed by atoms with Gasteiger partial charge in [-0.3, -0.25) is 0 Å². The Hall–Kier alpha value is -2.25. The fraction of sp³-hybridized carbons (Fsp3) is 0.167. The monoisotopic (exact) mass is 290 g/mol. The minimum absolute atomic E-state index is 0.225. The second-order valence-electron chi connectivity index (χ2n) is 3.71. The molecule has 1 aromatic heterocycles. The van der Waals surface area contributed by atoms with Gasteiger partial charge in [0, 0.05) is 18.0 Å². The highest BCUT2D eigenvalue weighted by Crippen LogP contribution is 2.31. The van der Waals surface area contributed by atoms with Crippen LogP contribution in [0.1, 0.15) is 5.56 Å². The van der Waals surface area contributed by atoms with Crippen molar-refractivity contribution >= 4 is 0 Å². The number of hydrogen-bond acceptors (Lipinski definition) is 3.